The molecule has 3 rings (SSSR count). The van der Waals surface area contributed by atoms with Gasteiger partial charge in [0, 0.05) is 25.3 Å². The van der Waals surface area contributed by atoms with Crippen LogP contribution in [0.5, 0.6) is 0 Å². The van der Waals surface area contributed by atoms with E-state index in [0.29, 0.717) is 31.7 Å². The average Bonchev–Trinajstić information content (AvgIpc) is 3.20. The molecule has 2 heterocycles. The van der Waals surface area contributed by atoms with Gasteiger partial charge < -0.3 is 15.4 Å². The Balaban J connectivity index is 1.84. The molecular weight excluding hydrogens is 330 g/mol. The fraction of sp³-hybridized carbons (Fsp3) is 0.562. The first-order valence-electron chi connectivity index (χ1n) is 8.25. The fourth-order valence-corrected chi connectivity index (χ4v) is 4.32. The first-order chi connectivity index (χ1) is 11.5. The van der Waals surface area contributed by atoms with Gasteiger partial charge >= 0.3 is 0 Å². The second-order valence-corrected chi connectivity index (χ2v) is 7.86. The Morgan fingerprint density at radius 2 is 2.21 bits per heavy atom. The van der Waals surface area contributed by atoms with Crippen LogP contribution < -0.4 is 15.4 Å². The molecule has 8 heteroatoms. The van der Waals surface area contributed by atoms with Gasteiger partial charge in [0.2, 0.25) is 10.0 Å². The predicted octanol–water partition coefficient (Wildman–Crippen LogP) is 0.380. The molecule has 2 aliphatic rings. The molecule has 3 N–H and O–H groups in total. The van der Waals surface area contributed by atoms with Crippen LogP contribution in [0.25, 0.3) is 0 Å². The second-order valence-electron chi connectivity index (χ2n) is 6.09. The number of nitrogens with two attached hydrogens (primary N) is 1. The quantitative estimate of drug-likeness (QED) is 0.797. The van der Waals surface area contributed by atoms with E-state index >= 15 is 0 Å². The van der Waals surface area contributed by atoms with Crippen molar-refractivity contribution in [2.24, 2.45) is 5.73 Å². The first kappa shape index (κ1) is 17.3. The number of benzene rings is 1. The standard InChI is InChI=1S/C16H23N3O4S/c1-2-18-24(21,22)13-5-3-11-7-8-19(14(11)9-13)16(20)15-6-4-12(10-17)23-15/h3,5,9,12,15,18H,2,4,6-8,10,17H2,1H3/t12-,15+/m1/s1. The van der Waals surface area contributed by atoms with E-state index in [9.17, 15) is 13.2 Å². The molecule has 0 aliphatic carbocycles. The molecule has 0 bridgehead atoms. The normalized spacial score (nSPS) is 23.5. The van der Waals surface area contributed by atoms with Gasteiger partial charge in [0.1, 0.15) is 6.10 Å². The summed E-state index contributed by atoms with van der Waals surface area (Å²) in [6.45, 7) is 3.00. The summed E-state index contributed by atoms with van der Waals surface area (Å²) in [5.41, 5.74) is 7.24. The van der Waals surface area contributed by atoms with E-state index in [-0.39, 0.29) is 16.9 Å². The number of ether oxygens (including phenoxy) is 1. The van der Waals surface area contributed by atoms with Gasteiger partial charge in [-0.1, -0.05) is 13.0 Å². The Morgan fingerprint density at radius 1 is 1.42 bits per heavy atom. The number of nitrogens with zero attached hydrogens (tertiary/aromatic N) is 1. The number of hydrogen-bond acceptors (Lipinski definition) is 5. The number of amides is 1. The number of hydrogen-bond donors (Lipinski definition) is 2. The fourth-order valence-electron chi connectivity index (χ4n) is 3.26. The van der Waals surface area contributed by atoms with Gasteiger partial charge in [-0.3, -0.25) is 4.79 Å². The molecule has 1 aromatic rings. The van der Waals surface area contributed by atoms with E-state index in [4.69, 9.17) is 10.5 Å². The summed E-state index contributed by atoms with van der Waals surface area (Å²) in [5.74, 6) is -0.109. The van der Waals surface area contributed by atoms with Gasteiger partial charge in [0.05, 0.1) is 11.0 Å². The zero-order valence-electron chi connectivity index (χ0n) is 13.7. The zero-order chi connectivity index (χ0) is 17.3. The predicted molar refractivity (Wildman–Crippen MR) is 90.3 cm³/mol. The van der Waals surface area contributed by atoms with Gasteiger partial charge in [-0.05, 0) is 37.0 Å². The Hall–Kier alpha value is -1.48. The summed E-state index contributed by atoms with van der Waals surface area (Å²) >= 11 is 0. The summed E-state index contributed by atoms with van der Waals surface area (Å²) in [7, 11) is -3.55. The van der Waals surface area contributed by atoms with Crippen LogP contribution in [-0.2, 0) is 26.0 Å². The Bertz CT molecular complexity index is 735. The number of anilines is 1. The minimum Gasteiger partial charge on any atom is -0.364 e. The van der Waals surface area contributed by atoms with Crippen molar-refractivity contribution in [3.8, 4) is 0 Å². The number of carbonyl (C=O) groups excluding carboxylic acids is 1. The van der Waals surface area contributed by atoms with Crippen LogP contribution in [-0.4, -0.2) is 46.2 Å². The molecular formula is C16H23N3O4S. The summed E-state index contributed by atoms with van der Waals surface area (Å²) in [6, 6.07) is 4.94. The average molecular weight is 353 g/mol. The Labute approximate surface area is 142 Å². The molecule has 2 atom stereocenters. The van der Waals surface area contributed by atoms with Crippen molar-refractivity contribution in [3.63, 3.8) is 0 Å². The number of sulfonamides is 1. The Kier molecular flexibility index (Phi) is 4.91. The van der Waals surface area contributed by atoms with Crippen LogP contribution in [0.3, 0.4) is 0 Å². The van der Waals surface area contributed by atoms with E-state index in [2.05, 4.69) is 4.72 Å². The Morgan fingerprint density at radius 3 is 2.88 bits per heavy atom. The van der Waals surface area contributed by atoms with Gasteiger partial charge in [-0.2, -0.15) is 0 Å². The topological polar surface area (TPSA) is 102 Å². The SMILES string of the molecule is CCNS(=O)(=O)c1ccc2c(c1)N(C(=O)[C@@H]1CC[C@H](CN)O1)CC2. The van der Waals surface area contributed by atoms with Crippen molar-refractivity contribution >= 4 is 21.6 Å². The lowest BCUT2D eigenvalue weighted by atomic mass is 10.1. The molecule has 1 saturated heterocycles. The van der Waals surface area contributed by atoms with E-state index in [0.717, 1.165) is 18.4 Å². The number of fused-ring (bicyclic) bond motifs is 1. The van der Waals surface area contributed by atoms with Crippen LogP contribution >= 0.6 is 0 Å². The zero-order valence-corrected chi connectivity index (χ0v) is 14.5. The monoisotopic (exact) mass is 353 g/mol. The van der Waals surface area contributed by atoms with Crippen molar-refractivity contribution in [2.45, 2.75) is 43.3 Å². The van der Waals surface area contributed by atoms with Crippen LogP contribution in [0.1, 0.15) is 25.3 Å². The smallest absolute Gasteiger partial charge is 0.256 e. The van der Waals surface area contributed by atoms with Crippen LogP contribution in [0.15, 0.2) is 23.1 Å². The van der Waals surface area contributed by atoms with Crippen molar-refractivity contribution < 1.29 is 17.9 Å². The van der Waals surface area contributed by atoms with Crippen molar-refractivity contribution in [1.82, 2.24) is 4.72 Å². The minimum atomic E-state index is -3.55. The van der Waals surface area contributed by atoms with Crippen molar-refractivity contribution in [2.75, 3.05) is 24.5 Å². The van der Waals surface area contributed by atoms with E-state index in [1.807, 2.05) is 0 Å². The highest BCUT2D eigenvalue weighted by Crippen LogP contribution is 2.32. The second kappa shape index (κ2) is 6.79. The molecule has 1 aromatic carbocycles. The summed E-state index contributed by atoms with van der Waals surface area (Å²) in [6.07, 6.45) is 1.60. The lowest BCUT2D eigenvalue weighted by Crippen LogP contribution is -2.38. The molecule has 0 spiro atoms. The third-order valence-corrected chi connectivity index (χ3v) is 6.05. The van der Waals surface area contributed by atoms with Crippen LogP contribution in [0, 0.1) is 0 Å². The molecule has 0 saturated carbocycles. The maximum atomic E-state index is 12.8. The van der Waals surface area contributed by atoms with Crippen LogP contribution in [0.2, 0.25) is 0 Å². The molecule has 0 aromatic heterocycles. The van der Waals surface area contributed by atoms with Gasteiger partial charge in [-0.15, -0.1) is 0 Å². The van der Waals surface area contributed by atoms with Crippen molar-refractivity contribution in [1.29, 1.82) is 0 Å². The first-order valence-corrected chi connectivity index (χ1v) is 9.74. The minimum absolute atomic E-state index is 0.0681. The van der Waals surface area contributed by atoms with E-state index in [1.54, 1.807) is 30.0 Å². The van der Waals surface area contributed by atoms with Crippen molar-refractivity contribution in [3.05, 3.63) is 23.8 Å². The summed E-state index contributed by atoms with van der Waals surface area (Å²) in [5, 5.41) is 0. The van der Waals surface area contributed by atoms with E-state index < -0.39 is 16.1 Å². The molecule has 2 aliphatic heterocycles. The number of nitrogens with one attached hydrogen (secondary N) is 1. The molecule has 0 radical (unpaired) electrons. The van der Waals surface area contributed by atoms with Gasteiger partial charge in [-0.25, -0.2) is 13.1 Å². The number of carbonyl (C=O) groups is 1. The molecule has 132 valence electrons. The molecule has 1 fully saturated rings. The summed E-state index contributed by atoms with van der Waals surface area (Å²) in [4.78, 5) is 14.6. The summed E-state index contributed by atoms with van der Waals surface area (Å²) < 4.78 is 32.5. The lowest BCUT2D eigenvalue weighted by molar-refractivity contribution is -0.129. The maximum absolute atomic E-state index is 12.8. The number of rotatable bonds is 5. The van der Waals surface area contributed by atoms with Crippen LogP contribution in [0.4, 0.5) is 5.69 Å². The molecule has 7 nitrogen and oxygen atoms in total. The lowest BCUT2D eigenvalue weighted by Gasteiger charge is -2.22. The largest absolute Gasteiger partial charge is 0.364 e. The highest BCUT2D eigenvalue weighted by molar-refractivity contribution is 7.89. The van der Waals surface area contributed by atoms with E-state index in [1.165, 1.54) is 0 Å². The molecule has 1 amide bonds. The van der Waals surface area contributed by atoms with Gasteiger partial charge in [0.25, 0.3) is 5.91 Å². The molecule has 24 heavy (non-hydrogen) atoms. The third kappa shape index (κ3) is 3.19. The van der Waals surface area contributed by atoms with Gasteiger partial charge in [0.15, 0.2) is 0 Å². The maximum Gasteiger partial charge on any atom is 0.256 e. The highest BCUT2D eigenvalue weighted by atomic mass is 32.2. The third-order valence-electron chi connectivity index (χ3n) is 4.51. The highest BCUT2D eigenvalue weighted by Gasteiger charge is 2.36. The molecule has 0 unspecified atom stereocenters.